The van der Waals surface area contributed by atoms with Crippen LogP contribution in [0.2, 0.25) is 0 Å². The zero-order valence-electron chi connectivity index (χ0n) is 16.5. The molecule has 0 bridgehead atoms. The Morgan fingerprint density at radius 2 is 1.79 bits per heavy atom. The molecule has 1 aliphatic rings. The van der Waals surface area contributed by atoms with Crippen LogP contribution in [0.15, 0.2) is 24.4 Å². The van der Waals surface area contributed by atoms with Crippen LogP contribution >= 0.6 is 0 Å². The van der Waals surface area contributed by atoms with Crippen LogP contribution < -0.4 is 5.46 Å². The molecular formula is C19H23BF3NO4. The number of alkyl halides is 3. The molecule has 2 heterocycles. The lowest BCUT2D eigenvalue weighted by Crippen LogP contribution is -2.41. The second-order valence-electron chi connectivity index (χ2n) is 7.89. The Morgan fingerprint density at radius 3 is 2.32 bits per heavy atom. The summed E-state index contributed by atoms with van der Waals surface area (Å²) in [6.07, 6.45) is -3.75. The van der Waals surface area contributed by atoms with Crippen LogP contribution in [0.3, 0.4) is 0 Å². The Morgan fingerprint density at radius 1 is 1.18 bits per heavy atom. The summed E-state index contributed by atoms with van der Waals surface area (Å²) in [5.41, 5.74) is -0.833. The van der Waals surface area contributed by atoms with Crippen molar-refractivity contribution >= 4 is 29.3 Å². The quantitative estimate of drug-likeness (QED) is 0.574. The van der Waals surface area contributed by atoms with Gasteiger partial charge in [0.1, 0.15) is 0 Å². The van der Waals surface area contributed by atoms with E-state index in [1.807, 2.05) is 27.7 Å². The third kappa shape index (κ3) is 3.47. The third-order valence-electron chi connectivity index (χ3n) is 5.48. The molecule has 1 saturated heterocycles. The van der Waals surface area contributed by atoms with Crippen LogP contribution in [-0.2, 0) is 20.6 Å². The maximum absolute atomic E-state index is 13.2. The van der Waals surface area contributed by atoms with Crippen LogP contribution in [-0.4, -0.2) is 48.6 Å². The van der Waals surface area contributed by atoms with E-state index in [-0.39, 0.29) is 5.39 Å². The fourth-order valence-electron chi connectivity index (χ4n) is 3.25. The topological polar surface area (TPSA) is 49.7 Å². The van der Waals surface area contributed by atoms with Gasteiger partial charge in [0.05, 0.1) is 23.4 Å². The minimum Gasteiger partial charge on any atom is -0.399 e. The highest BCUT2D eigenvalue weighted by Crippen LogP contribution is 2.37. The first kappa shape index (κ1) is 20.9. The maximum Gasteiger partial charge on any atom is 0.495 e. The molecule has 0 spiro atoms. The smallest absolute Gasteiger partial charge is 0.399 e. The first-order valence-electron chi connectivity index (χ1n) is 8.97. The number of fused-ring (bicyclic) bond motifs is 1. The number of carbonyl (C=O) groups excluding carboxylic acids is 1. The number of halogens is 3. The Labute approximate surface area is 161 Å². The molecule has 0 saturated carbocycles. The fourth-order valence-corrected chi connectivity index (χ4v) is 3.25. The fraction of sp³-hybridized carbons (Fsp3) is 0.526. The van der Waals surface area contributed by atoms with Crippen molar-refractivity contribution in [3.05, 3.63) is 30.0 Å². The van der Waals surface area contributed by atoms with Crippen LogP contribution in [0.5, 0.6) is 0 Å². The minimum absolute atomic E-state index is 0.194. The van der Waals surface area contributed by atoms with E-state index in [1.54, 1.807) is 22.8 Å². The molecule has 2 aromatic rings. The number of aromatic nitrogens is 1. The Balaban J connectivity index is 2.19. The molecule has 5 nitrogen and oxygen atoms in total. The Hall–Kier alpha value is -1.84. The highest BCUT2D eigenvalue weighted by atomic mass is 19.4. The van der Waals surface area contributed by atoms with Crippen molar-refractivity contribution in [1.29, 1.82) is 0 Å². The normalized spacial score (nSPS) is 18.8. The lowest BCUT2D eigenvalue weighted by atomic mass is 9.76. The van der Waals surface area contributed by atoms with Gasteiger partial charge in [-0.25, -0.2) is 0 Å². The number of hydrogen-bond acceptors (Lipinski definition) is 4. The zero-order chi connectivity index (χ0) is 20.9. The number of hydrogen-bond donors (Lipinski definition) is 0. The number of rotatable bonds is 5. The Bertz CT molecular complexity index is 888. The van der Waals surface area contributed by atoms with E-state index in [0.29, 0.717) is 24.1 Å². The van der Waals surface area contributed by atoms with Gasteiger partial charge in [-0.2, -0.15) is 13.2 Å². The molecule has 1 aromatic heterocycles. The predicted octanol–water partition coefficient (Wildman–Crippen LogP) is 3.33. The van der Waals surface area contributed by atoms with E-state index < -0.39 is 35.8 Å². The highest BCUT2D eigenvalue weighted by Gasteiger charge is 2.52. The lowest BCUT2D eigenvalue weighted by Gasteiger charge is -2.32. The largest absolute Gasteiger partial charge is 0.495 e. The van der Waals surface area contributed by atoms with Gasteiger partial charge >= 0.3 is 13.3 Å². The number of carbonyl (C=O) groups is 1. The van der Waals surface area contributed by atoms with Crippen LogP contribution in [0.4, 0.5) is 13.2 Å². The molecule has 3 rings (SSSR count). The molecule has 0 aliphatic carbocycles. The van der Waals surface area contributed by atoms with Gasteiger partial charge in [-0.15, -0.1) is 0 Å². The average Bonchev–Trinajstić information content (AvgIpc) is 3.05. The summed E-state index contributed by atoms with van der Waals surface area (Å²) in [7, 11) is 0.621. The van der Waals surface area contributed by atoms with Crippen LogP contribution in [0.1, 0.15) is 38.1 Å². The SMILES string of the molecule is COCCn1cc(C(=O)C(F)(F)F)c2c(B3OC(C)(C)C(C)(C)O3)cccc21. The van der Waals surface area contributed by atoms with E-state index in [0.717, 1.165) is 0 Å². The lowest BCUT2D eigenvalue weighted by molar-refractivity contribution is -0.0884. The van der Waals surface area contributed by atoms with Crippen LogP contribution in [0, 0.1) is 0 Å². The Kier molecular flexibility index (Phi) is 5.14. The standard InChI is InChI=1S/C19H23BF3NO4/c1-17(2)18(3,4)28-20(27-17)13-7-6-8-14-15(13)12(16(25)19(21,22)23)11-24(14)9-10-26-5/h6-8,11H,9-10H2,1-5H3. The van der Waals surface area contributed by atoms with E-state index in [9.17, 15) is 18.0 Å². The summed E-state index contributed by atoms with van der Waals surface area (Å²) in [6.45, 7) is 8.05. The van der Waals surface area contributed by atoms with E-state index in [4.69, 9.17) is 14.0 Å². The zero-order valence-corrected chi connectivity index (χ0v) is 16.5. The highest BCUT2D eigenvalue weighted by molar-refractivity contribution is 6.65. The number of Topliss-reactive ketones (excluding diaryl/α,β-unsaturated/α-hetero) is 1. The van der Waals surface area contributed by atoms with Gasteiger partial charge in [0.2, 0.25) is 0 Å². The molecule has 0 radical (unpaired) electrons. The van der Waals surface area contributed by atoms with Gasteiger partial charge in [0.25, 0.3) is 5.78 Å². The molecule has 0 unspecified atom stereocenters. The van der Waals surface area contributed by atoms with Crippen molar-refractivity contribution in [2.75, 3.05) is 13.7 Å². The van der Waals surface area contributed by atoms with Gasteiger partial charge in [0, 0.05) is 30.8 Å². The van der Waals surface area contributed by atoms with Gasteiger partial charge < -0.3 is 18.6 Å². The number of ether oxygens (including phenoxy) is 1. The summed E-state index contributed by atoms with van der Waals surface area (Å²) < 4.78 is 58.4. The van der Waals surface area contributed by atoms with Gasteiger partial charge in [0.15, 0.2) is 0 Å². The second kappa shape index (κ2) is 6.90. The number of nitrogens with zero attached hydrogens (tertiary/aromatic N) is 1. The summed E-state index contributed by atoms with van der Waals surface area (Å²) in [4.78, 5) is 12.1. The molecule has 28 heavy (non-hydrogen) atoms. The number of benzene rings is 1. The molecule has 1 aliphatic heterocycles. The molecule has 1 fully saturated rings. The predicted molar refractivity (Wildman–Crippen MR) is 99.9 cm³/mol. The van der Waals surface area contributed by atoms with E-state index in [2.05, 4.69) is 0 Å². The molecule has 0 atom stereocenters. The summed E-state index contributed by atoms with van der Waals surface area (Å²) >= 11 is 0. The second-order valence-corrected chi connectivity index (χ2v) is 7.89. The first-order chi connectivity index (χ1) is 12.9. The monoisotopic (exact) mass is 397 g/mol. The van der Waals surface area contributed by atoms with Gasteiger partial charge in [-0.3, -0.25) is 4.79 Å². The van der Waals surface area contributed by atoms with Crippen molar-refractivity contribution in [1.82, 2.24) is 4.57 Å². The number of methoxy groups -OCH3 is 1. The molecule has 9 heteroatoms. The van der Waals surface area contributed by atoms with Crippen molar-refractivity contribution in [3.63, 3.8) is 0 Å². The van der Waals surface area contributed by atoms with Gasteiger partial charge in [-0.1, -0.05) is 12.1 Å². The molecule has 0 N–H and O–H groups in total. The molecule has 1 aromatic carbocycles. The van der Waals surface area contributed by atoms with Crippen molar-refractivity contribution < 1.29 is 32.0 Å². The van der Waals surface area contributed by atoms with Crippen molar-refractivity contribution in [3.8, 4) is 0 Å². The minimum atomic E-state index is -4.98. The third-order valence-corrected chi connectivity index (χ3v) is 5.48. The van der Waals surface area contributed by atoms with Crippen molar-refractivity contribution in [2.24, 2.45) is 0 Å². The van der Waals surface area contributed by atoms with E-state index in [1.165, 1.54) is 13.3 Å². The van der Waals surface area contributed by atoms with Crippen LogP contribution in [0.25, 0.3) is 10.9 Å². The number of ketones is 1. The summed E-state index contributed by atoms with van der Waals surface area (Å²) in [6, 6.07) is 5.03. The molecule has 152 valence electrons. The molecule has 0 amide bonds. The van der Waals surface area contributed by atoms with E-state index >= 15 is 0 Å². The van der Waals surface area contributed by atoms with Crippen molar-refractivity contribution in [2.45, 2.75) is 51.6 Å². The molecular weight excluding hydrogens is 374 g/mol. The first-order valence-corrected chi connectivity index (χ1v) is 8.97. The summed E-state index contributed by atoms with van der Waals surface area (Å²) in [5, 5.41) is 0.194. The average molecular weight is 397 g/mol. The van der Waals surface area contributed by atoms with Gasteiger partial charge in [-0.05, 0) is 39.2 Å². The summed E-state index contributed by atoms with van der Waals surface area (Å²) in [5.74, 6) is -1.89. The maximum atomic E-state index is 13.2.